The van der Waals surface area contributed by atoms with Gasteiger partial charge in [0, 0.05) is 24.2 Å². The first-order chi connectivity index (χ1) is 12.2. The molecule has 2 heterocycles. The number of thiazole rings is 1. The van der Waals surface area contributed by atoms with E-state index in [-0.39, 0.29) is 12.7 Å². The Morgan fingerprint density at radius 3 is 2.72 bits per heavy atom. The van der Waals surface area contributed by atoms with E-state index in [0.29, 0.717) is 11.5 Å². The first-order valence-electron chi connectivity index (χ1n) is 7.68. The molecule has 0 radical (unpaired) electrons. The molecule has 1 aliphatic rings. The van der Waals surface area contributed by atoms with Crippen molar-refractivity contribution in [1.29, 1.82) is 0 Å². The van der Waals surface area contributed by atoms with Gasteiger partial charge in [-0.2, -0.15) is 0 Å². The highest BCUT2D eigenvalue weighted by Gasteiger charge is 2.22. The third kappa shape index (κ3) is 3.14. The summed E-state index contributed by atoms with van der Waals surface area (Å²) in [5, 5.41) is 8.81. The van der Waals surface area contributed by atoms with Gasteiger partial charge in [0.2, 0.25) is 12.7 Å². The molecule has 0 aliphatic carbocycles. The first-order valence-corrected chi connectivity index (χ1v) is 8.56. The van der Waals surface area contributed by atoms with E-state index < -0.39 is 0 Å². The number of nitrogens with zero attached hydrogens (tertiary/aromatic N) is 1. The van der Waals surface area contributed by atoms with E-state index >= 15 is 0 Å². The normalized spacial score (nSPS) is 12.0. The van der Waals surface area contributed by atoms with Gasteiger partial charge in [-0.3, -0.25) is 4.79 Å². The third-order valence-corrected chi connectivity index (χ3v) is 4.40. The topological polar surface area (TPSA) is 72.5 Å². The first kappa shape index (κ1) is 15.5. The standard InChI is InChI=1S/C18H15N3O3S/c1-11(22)20-13-4-2-12(3-5-13)16-14(21-18-19-8-9-25-18)6-7-15-17(16)24-10-23-15/h2-9H,10H2,1H3,(H,19,21)(H,20,22). The number of nitrogens with one attached hydrogen (secondary N) is 2. The van der Waals surface area contributed by atoms with Crippen LogP contribution in [-0.4, -0.2) is 17.7 Å². The zero-order valence-corrected chi connectivity index (χ0v) is 14.2. The molecule has 2 N–H and O–H groups in total. The average Bonchev–Trinajstić information content (AvgIpc) is 3.26. The van der Waals surface area contributed by atoms with E-state index in [2.05, 4.69) is 15.6 Å². The SMILES string of the molecule is CC(=O)Nc1ccc(-c2c(Nc3nccs3)ccc3c2OCO3)cc1. The van der Waals surface area contributed by atoms with Crippen LogP contribution in [0.4, 0.5) is 16.5 Å². The second-order valence-corrected chi connectivity index (χ2v) is 6.34. The number of carbonyl (C=O) groups excluding carboxylic acids is 1. The molecule has 0 saturated carbocycles. The maximum absolute atomic E-state index is 11.2. The molecule has 126 valence electrons. The Hall–Kier alpha value is -3.06. The number of amides is 1. The molecule has 4 rings (SSSR count). The molecular weight excluding hydrogens is 338 g/mol. The predicted molar refractivity (Wildman–Crippen MR) is 97.7 cm³/mol. The van der Waals surface area contributed by atoms with Crippen molar-refractivity contribution in [3.63, 3.8) is 0 Å². The Bertz CT molecular complexity index is 908. The Morgan fingerprint density at radius 1 is 1.16 bits per heavy atom. The molecule has 0 spiro atoms. The zero-order chi connectivity index (χ0) is 17.2. The lowest BCUT2D eigenvalue weighted by molar-refractivity contribution is -0.114. The Balaban J connectivity index is 1.76. The number of fused-ring (bicyclic) bond motifs is 1. The summed E-state index contributed by atoms with van der Waals surface area (Å²) in [6, 6.07) is 11.4. The van der Waals surface area contributed by atoms with Crippen molar-refractivity contribution < 1.29 is 14.3 Å². The molecule has 0 bridgehead atoms. The monoisotopic (exact) mass is 353 g/mol. The van der Waals surface area contributed by atoms with Gasteiger partial charge in [-0.05, 0) is 29.8 Å². The fourth-order valence-electron chi connectivity index (χ4n) is 2.69. The van der Waals surface area contributed by atoms with Crippen LogP contribution in [0.15, 0.2) is 48.0 Å². The molecule has 0 unspecified atom stereocenters. The number of hydrogen-bond donors (Lipinski definition) is 2. The molecule has 25 heavy (non-hydrogen) atoms. The summed E-state index contributed by atoms with van der Waals surface area (Å²) >= 11 is 1.52. The quantitative estimate of drug-likeness (QED) is 0.734. The predicted octanol–water partition coefficient (Wildman–Crippen LogP) is 4.24. The largest absolute Gasteiger partial charge is 0.454 e. The molecular formula is C18H15N3O3S. The molecule has 0 fully saturated rings. The zero-order valence-electron chi connectivity index (χ0n) is 13.4. The van der Waals surface area contributed by atoms with E-state index in [9.17, 15) is 4.79 Å². The summed E-state index contributed by atoms with van der Waals surface area (Å²) in [4.78, 5) is 15.5. The van der Waals surface area contributed by atoms with Crippen molar-refractivity contribution in [2.45, 2.75) is 6.92 Å². The van der Waals surface area contributed by atoms with Crippen LogP contribution in [0.1, 0.15) is 6.92 Å². The molecule has 2 aromatic carbocycles. The van der Waals surface area contributed by atoms with E-state index in [1.807, 2.05) is 41.8 Å². The lowest BCUT2D eigenvalue weighted by Gasteiger charge is -2.14. The number of aromatic nitrogens is 1. The van der Waals surface area contributed by atoms with Gasteiger partial charge in [0.25, 0.3) is 0 Å². The van der Waals surface area contributed by atoms with Gasteiger partial charge in [0.15, 0.2) is 16.6 Å². The maximum atomic E-state index is 11.2. The number of ether oxygens (including phenoxy) is 2. The number of rotatable bonds is 4. The minimum Gasteiger partial charge on any atom is -0.454 e. The van der Waals surface area contributed by atoms with Crippen molar-refractivity contribution in [2.24, 2.45) is 0 Å². The Kier molecular flexibility index (Phi) is 3.99. The lowest BCUT2D eigenvalue weighted by Crippen LogP contribution is -2.05. The third-order valence-electron chi connectivity index (χ3n) is 3.71. The molecule has 0 atom stereocenters. The fourth-order valence-corrected chi connectivity index (χ4v) is 3.23. The summed E-state index contributed by atoms with van der Waals surface area (Å²) < 4.78 is 11.2. The van der Waals surface area contributed by atoms with Crippen molar-refractivity contribution in [3.05, 3.63) is 48.0 Å². The summed E-state index contributed by atoms with van der Waals surface area (Å²) in [7, 11) is 0. The van der Waals surface area contributed by atoms with Crippen molar-refractivity contribution in [3.8, 4) is 22.6 Å². The van der Waals surface area contributed by atoms with Crippen LogP contribution in [0.2, 0.25) is 0 Å². The number of carbonyl (C=O) groups is 1. The average molecular weight is 353 g/mol. The summed E-state index contributed by atoms with van der Waals surface area (Å²) in [5.74, 6) is 1.32. The van der Waals surface area contributed by atoms with Crippen LogP contribution < -0.4 is 20.1 Å². The number of anilines is 3. The van der Waals surface area contributed by atoms with Crippen molar-refractivity contribution in [1.82, 2.24) is 4.98 Å². The molecule has 3 aromatic rings. The molecule has 0 saturated heterocycles. The van der Waals surface area contributed by atoms with Gasteiger partial charge in [-0.1, -0.05) is 12.1 Å². The van der Waals surface area contributed by atoms with Crippen LogP contribution in [0.5, 0.6) is 11.5 Å². The van der Waals surface area contributed by atoms with Gasteiger partial charge in [0.05, 0.1) is 11.3 Å². The van der Waals surface area contributed by atoms with E-state index in [0.717, 1.165) is 27.6 Å². The highest BCUT2D eigenvalue weighted by atomic mass is 32.1. The minimum atomic E-state index is -0.101. The van der Waals surface area contributed by atoms with Crippen LogP contribution in [0.3, 0.4) is 0 Å². The van der Waals surface area contributed by atoms with Crippen molar-refractivity contribution in [2.75, 3.05) is 17.4 Å². The Morgan fingerprint density at radius 2 is 2.00 bits per heavy atom. The smallest absolute Gasteiger partial charge is 0.231 e. The second-order valence-electron chi connectivity index (χ2n) is 5.44. The van der Waals surface area contributed by atoms with Crippen molar-refractivity contribution >= 4 is 33.8 Å². The second kappa shape index (κ2) is 6.45. The van der Waals surface area contributed by atoms with E-state index in [4.69, 9.17) is 9.47 Å². The van der Waals surface area contributed by atoms with Crippen LogP contribution >= 0.6 is 11.3 Å². The van der Waals surface area contributed by atoms with E-state index in [1.165, 1.54) is 18.3 Å². The molecule has 1 amide bonds. The number of benzene rings is 2. The fraction of sp³-hybridized carbons (Fsp3) is 0.111. The summed E-state index contributed by atoms with van der Waals surface area (Å²) in [6.45, 7) is 1.69. The molecule has 7 heteroatoms. The van der Waals surface area contributed by atoms with Crippen LogP contribution in [0.25, 0.3) is 11.1 Å². The minimum absolute atomic E-state index is 0.101. The molecule has 6 nitrogen and oxygen atoms in total. The van der Waals surface area contributed by atoms with Gasteiger partial charge in [-0.25, -0.2) is 4.98 Å². The lowest BCUT2D eigenvalue weighted by atomic mass is 10.0. The summed E-state index contributed by atoms with van der Waals surface area (Å²) in [6.07, 6.45) is 1.75. The maximum Gasteiger partial charge on any atom is 0.231 e. The highest BCUT2D eigenvalue weighted by Crippen LogP contribution is 2.46. The number of hydrogen-bond acceptors (Lipinski definition) is 6. The Labute approximate surface area is 148 Å². The summed E-state index contributed by atoms with van der Waals surface area (Å²) in [5.41, 5.74) is 3.48. The highest BCUT2D eigenvalue weighted by molar-refractivity contribution is 7.13. The van der Waals surface area contributed by atoms with Gasteiger partial charge in [-0.15, -0.1) is 11.3 Å². The molecule has 1 aliphatic heterocycles. The van der Waals surface area contributed by atoms with E-state index in [1.54, 1.807) is 6.20 Å². The molecule has 1 aromatic heterocycles. The van der Waals surface area contributed by atoms with Crippen LogP contribution in [0, 0.1) is 0 Å². The van der Waals surface area contributed by atoms with Gasteiger partial charge < -0.3 is 20.1 Å². The van der Waals surface area contributed by atoms with Crippen LogP contribution in [-0.2, 0) is 4.79 Å². The van der Waals surface area contributed by atoms with Gasteiger partial charge >= 0.3 is 0 Å². The van der Waals surface area contributed by atoms with Gasteiger partial charge in [0.1, 0.15) is 0 Å².